The van der Waals surface area contributed by atoms with E-state index in [1.807, 2.05) is 24.3 Å². The zero-order chi connectivity index (χ0) is 18.3. The molecule has 1 aliphatic carbocycles. The molecule has 27 heavy (non-hydrogen) atoms. The van der Waals surface area contributed by atoms with Gasteiger partial charge in [-0.15, -0.1) is 0 Å². The Kier molecular flexibility index (Phi) is 4.09. The van der Waals surface area contributed by atoms with Crippen LogP contribution in [0, 0.1) is 11.3 Å². The molecule has 3 aliphatic rings. The minimum absolute atomic E-state index is 0.260. The van der Waals surface area contributed by atoms with E-state index in [9.17, 15) is 5.26 Å². The number of hydrogen-bond donors (Lipinski definition) is 2. The maximum atomic E-state index is 10.1. The molecule has 0 radical (unpaired) electrons. The lowest BCUT2D eigenvalue weighted by Crippen LogP contribution is -2.48. The molecule has 2 fully saturated rings. The highest BCUT2D eigenvalue weighted by molar-refractivity contribution is 8.15. The van der Waals surface area contributed by atoms with Gasteiger partial charge in [0.1, 0.15) is 10.8 Å². The highest BCUT2D eigenvalue weighted by atomic mass is 32.2. The first kappa shape index (κ1) is 16.7. The van der Waals surface area contributed by atoms with Crippen molar-refractivity contribution in [1.29, 1.82) is 5.26 Å². The van der Waals surface area contributed by atoms with Crippen molar-refractivity contribution in [2.75, 3.05) is 5.32 Å². The monoisotopic (exact) mass is 374 g/mol. The summed E-state index contributed by atoms with van der Waals surface area (Å²) in [6, 6.07) is 19.5. The highest BCUT2D eigenvalue weighted by Crippen LogP contribution is 2.52. The number of hydrogen-bond acceptors (Lipinski definition) is 4. The van der Waals surface area contributed by atoms with E-state index in [1.165, 1.54) is 19.3 Å². The average Bonchev–Trinajstić information content (AvgIpc) is 3.08. The smallest absolute Gasteiger partial charge is 0.159 e. The Labute approximate surface area is 164 Å². The molecule has 1 saturated heterocycles. The third-order valence-electron chi connectivity index (χ3n) is 5.89. The molecule has 1 unspecified atom stereocenters. The van der Waals surface area contributed by atoms with Crippen LogP contribution in [0.1, 0.15) is 43.2 Å². The molecule has 2 aromatic carbocycles. The van der Waals surface area contributed by atoms with E-state index in [-0.39, 0.29) is 5.25 Å². The van der Waals surface area contributed by atoms with Gasteiger partial charge in [0.2, 0.25) is 0 Å². The van der Waals surface area contributed by atoms with Crippen molar-refractivity contribution in [2.24, 2.45) is 4.99 Å². The second-order valence-corrected chi connectivity index (χ2v) is 8.60. The second kappa shape index (κ2) is 6.61. The molecular weight excluding hydrogens is 352 g/mol. The van der Waals surface area contributed by atoms with Crippen LogP contribution in [0.5, 0.6) is 0 Å². The number of aliphatic imine (C=N–C) groups is 1. The van der Waals surface area contributed by atoms with Crippen LogP contribution in [-0.4, -0.2) is 16.5 Å². The van der Waals surface area contributed by atoms with Crippen LogP contribution in [0.25, 0.3) is 0 Å². The van der Waals surface area contributed by atoms with Gasteiger partial charge in [0.25, 0.3) is 0 Å². The molecule has 136 valence electrons. The van der Waals surface area contributed by atoms with E-state index >= 15 is 0 Å². The van der Waals surface area contributed by atoms with Gasteiger partial charge in [0.05, 0.1) is 12.1 Å². The second-order valence-electron chi connectivity index (χ2n) is 7.50. The van der Waals surface area contributed by atoms with Gasteiger partial charge in [-0.25, -0.2) is 0 Å². The van der Waals surface area contributed by atoms with Crippen molar-refractivity contribution in [3.8, 4) is 6.07 Å². The summed E-state index contributed by atoms with van der Waals surface area (Å²) >= 11 is 1.59. The summed E-state index contributed by atoms with van der Waals surface area (Å²) in [4.78, 5) is 5.03. The van der Waals surface area contributed by atoms with Crippen molar-refractivity contribution < 1.29 is 0 Å². The summed E-state index contributed by atoms with van der Waals surface area (Å²) in [5.41, 5.74) is 3.80. The Hall–Kier alpha value is -2.45. The Morgan fingerprint density at radius 3 is 2.22 bits per heavy atom. The minimum Gasteiger partial charge on any atom is -0.355 e. The van der Waals surface area contributed by atoms with Gasteiger partial charge in [-0.2, -0.15) is 5.26 Å². The highest BCUT2D eigenvalue weighted by Gasteiger charge is 2.53. The van der Waals surface area contributed by atoms with Gasteiger partial charge in [0, 0.05) is 22.5 Å². The van der Waals surface area contributed by atoms with Crippen LogP contribution in [0.4, 0.5) is 11.4 Å². The van der Waals surface area contributed by atoms with Gasteiger partial charge in [0.15, 0.2) is 5.17 Å². The average molecular weight is 375 g/mol. The van der Waals surface area contributed by atoms with E-state index in [2.05, 4.69) is 41.0 Å². The number of para-hydroxylation sites is 2. The lowest BCUT2D eigenvalue weighted by atomic mass is 9.76. The molecule has 5 rings (SSSR count). The number of fused-ring (bicyclic) bond motifs is 4. The first-order valence-corrected chi connectivity index (χ1v) is 10.6. The summed E-state index contributed by atoms with van der Waals surface area (Å²) in [5.74, 6) is 0. The largest absolute Gasteiger partial charge is 0.355 e. The van der Waals surface area contributed by atoms with Crippen LogP contribution < -0.4 is 10.6 Å². The number of nitrogens with zero attached hydrogens (tertiary/aromatic N) is 2. The maximum Gasteiger partial charge on any atom is 0.159 e. The number of amidine groups is 1. The lowest BCUT2D eigenvalue weighted by Gasteiger charge is -2.39. The predicted molar refractivity (Wildman–Crippen MR) is 111 cm³/mol. The number of benzene rings is 2. The molecule has 2 aromatic rings. The Balaban J connectivity index is 1.64. The molecule has 4 nitrogen and oxygen atoms in total. The lowest BCUT2D eigenvalue weighted by molar-refractivity contribution is 0.440. The topological polar surface area (TPSA) is 60.2 Å². The fraction of sp³-hybridized carbons (Fsp3) is 0.364. The molecule has 1 atom stereocenters. The van der Waals surface area contributed by atoms with Gasteiger partial charge in [-0.3, -0.25) is 4.99 Å². The predicted octanol–water partition coefficient (Wildman–Crippen LogP) is 4.90. The van der Waals surface area contributed by atoms with Gasteiger partial charge in [-0.1, -0.05) is 67.4 Å². The maximum absolute atomic E-state index is 10.1. The van der Waals surface area contributed by atoms with E-state index in [0.29, 0.717) is 6.04 Å². The minimum atomic E-state index is -0.564. The number of rotatable bonds is 1. The molecule has 2 heterocycles. The van der Waals surface area contributed by atoms with Crippen LogP contribution in [0.3, 0.4) is 0 Å². The Morgan fingerprint density at radius 1 is 0.963 bits per heavy atom. The molecule has 0 amide bonds. The van der Waals surface area contributed by atoms with E-state index < -0.39 is 5.54 Å². The van der Waals surface area contributed by atoms with Crippen molar-refractivity contribution in [2.45, 2.75) is 48.9 Å². The number of anilines is 2. The van der Waals surface area contributed by atoms with Crippen molar-refractivity contribution in [3.63, 3.8) is 0 Å². The van der Waals surface area contributed by atoms with Gasteiger partial charge in [-0.05, 0) is 25.0 Å². The quantitative estimate of drug-likeness (QED) is 0.745. The van der Waals surface area contributed by atoms with Crippen LogP contribution >= 0.6 is 11.8 Å². The molecule has 2 N–H and O–H groups in total. The summed E-state index contributed by atoms with van der Waals surface area (Å²) in [6.45, 7) is 0. The van der Waals surface area contributed by atoms with E-state index in [1.54, 1.807) is 11.8 Å². The van der Waals surface area contributed by atoms with E-state index in [4.69, 9.17) is 4.99 Å². The van der Waals surface area contributed by atoms with Crippen LogP contribution in [0.2, 0.25) is 0 Å². The first-order valence-electron chi connectivity index (χ1n) is 9.69. The first-order chi connectivity index (χ1) is 13.3. The zero-order valence-electron chi connectivity index (χ0n) is 15.1. The summed E-state index contributed by atoms with van der Waals surface area (Å²) in [6.07, 6.45) is 6.15. The Morgan fingerprint density at radius 2 is 1.59 bits per heavy atom. The molecule has 1 saturated carbocycles. The molecule has 1 spiro atoms. The molecule has 5 heteroatoms. The Bertz CT molecular complexity index is 894. The van der Waals surface area contributed by atoms with Crippen LogP contribution in [0.15, 0.2) is 53.5 Å². The fourth-order valence-electron chi connectivity index (χ4n) is 4.60. The normalized spacial score (nSPS) is 24.6. The summed E-state index contributed by atoms with van der Waals surface area (Å²) in [7, 11) is 0. The van der Waals surface area contributed by atoms with Gasteiger partial charge < -0.3 is 10.6 Å². The third-order valence-corrected chi connectivity index (χ3v) is 7.02. The third kappa shape index (κ3) is 2.62. The molecule has 2 aliphatic heterocycles. The van der Waals surface area contributed by atoms with Crippen LogP contribution in [-0.2, 0) is 5.54 Å². The molecule has 0 aromatic heterocycles. The molecule has 0 bridgehead atoms. The van der Waals surface area contributed by atoms with Crippen molar-refractivity contribution in [1.82, 2.24) is 5.32 Å². The standard InChI is InChI=1S/C22H22N4S/c23-14-20-22(26-21(27-20)24-15-8-2-1-3-9-15)16-10-4-6-12-18(16)25-19-13-7-5-11-17(19)22/h4-7,10-13,15,20,25H,1-3,8-9H2,(H,24,26). The SMILES string of the molecule is N#CC1SC(=NC2CCCCC2)NC12c1ccccc1Nc1ccccc12. The number of thioether (sulfide) groups is 1. The van der Waals surface area contributed by atoms with Crippen molar-refractivity contribution >= 4 is 28.3 Å². The number of nitrogens with one attached hydrogen (secondary N) is 2. The summed E-state index contributed by atoms with van der Waals surface area (Å²) in [5, 5.41) is 18.0. The van der Waals surface area contributed by atoms with Crippen molar-refractivity contribution in [3.05, 3.63) is 59.7 Å². The number of nitriles is 1. The summed E-state index contributed by atoms with van der Waals surface area (Å²) < 4.78 is 0. The van der Waals surface area contributed by atoms with Gasteiger partial charge >= 0.3 is 0 Å². The fourth-order valence-corrected chi connectivity index (χ4v) is 5.80. The zero-order valence-corrected chi connectivity index (χ0v) is 15.9. The molecular formula is C22H22N4S. The van der Waals surface area contributed by atoms with E-state index in [0.717, 1.165) is 40.5 Å².